The van der Waals surface area contributed by atoms with Gasteiger partial charge in [0.15, 0.2) is 0 Å². The molecule has 100 valence electrons. The summed E-state index contributed by atoms with van der Waals surface area (Å²) in [5.74, 6) is -0.0412. The van der Waals surface area contributed by atoms with Crippen LogP contribution < -0.4 is 10.0 Å². The van der Waals surface area contributed by atoms with Gasteiger partial charge in [-0.2, -0.15) is 0 Å². The van der Waals surface area contributed by atoms with Gasteiger partial charge in [0.05, 0.1) is 4.34 Å². The molecule has 1 aliphatic heterocycles. The molecule has 0 aliphatic carbocycles. The lowest BCUT2D eigenvalue weighted by Crippen LogP contribution is -2.47. The normalized spacial score (nSPS) is 20.8. The van der Waals surface area contributed by atoms with Gasteiger partial charge in [-0.25, -0.2) is 13.1 Å². The van der Waals surface area contributed by atoms with Crippen LogP contribution in [0.1, 0.15) is 18.4 Å². The van der Waals surface area contributed by atoms with Crippen LogP contribution in [0.3, 0.4) is 0 Å². The molecule has 1 atom stereocenters. The quantitative estimate of drug-likeness (QED) is 0.883. The predicted molar refractivity (Wildman–Crippen MR) is 70.4 cm³/mol. The summed E-state index contributed by atoms with van der Waals surface area (Å²) in [6.45, 7) is 2.09. The van der Waals surface area contributed by atoms with Crippen LogP contribution in [0.4, 0.5) is 0 Å². The van der Waals surface area contributed by atoms with E-state index in [1.807, 2.05) is 0 Å². The molecule has 1 aromatic heterocycles. The first-order chi connectivity index (χ1) is 8.38. The highest BCUT2D eigenvalue weighted by Gasteiger charge is 2.25. The summed E-state index contributed by atoms with van der Waals surface area (Å²) in [5, 5.41) is 2.63. The minimum Gasteiger partial charge on any atom is -0.355 e. The summed E-state index contributed by atoms with van der Waals surface area (Å²) < 4.78 is 27.4. The van der Waals surface area contributed by atoms with Crippen molar-refractivity contribution in [1.29, 1.82) is 0 Å². The molecule has 0 radical (unpaired) electrons. The van der Waals surface area contributed by atoms with Gasteiger partial charge in [-0.15, -0.1) is 11.3 Å². The minimum atomic E-state index is -3.55. The first kappa shape index (κ1) is 13.8. The molecule has 8 heteroatoms. The third kappa shape index (κ3) is 3.03. The van der Waals surface area contributed by atoms with Gasteiger partial charge in [-0.1, -0.05) is 11.6 Å². The Morgan fingerprint density at radius 2 is 2.28 bits per heavy atom. The molecule has 0 aromatic carbocycles. The zero-order valence-electron chi connectivity index (χ0n) is 9.70. The number of piperidine rings is 1. The molecule has 1 aromatic rings. The fraction of sp³-hybridized carbons (Fsp3) is 0.500. The Morgan fingerprint density at radius 1 is 1.56 bits per heavy atom. The molecule has 1 saturated heterocycles. The van der Waals surface area contributed by atoms with Crippen LogP contribution in [0.5, 0.6) is 0 Å². The Balaban J connectivity index is 2.10. The number of carbonyl (C=O) groups excluding carboxylic acids is 1. The SMILES string of the molecule is Cc1cc(S(=O)(=O)NC2CCC(=O)NC2)sc1Cl. The molecule has 18 heavy (non-hydrogen) atoms. The molecule has 1 aliphatic rings. The summed E-state index contributed by atoms with van der Waals surface area (Å²) in [6, 6.07) is 1.30. The van der Waals surface area contributed by atoms with Gasteiger partial charge in [0.25, 0.3) is 0 Å². The molecule has 1 amide bonds. The van der Waals surface area contributed by atoms with E-state index in [0.29, 0.717) is 23.7 Å². The van der Waals surface area contributed by atoms with Crippen LogP contribution in [0, 0.1) is 6.92 Å². The number of nitrogens with one attached hydrogen (secondary N) is 2. The van der Waals surface area contributed by atoms with E-state index in [-0.39, 0.29) is 16.2 Å². The fourth-order valence-corrected chi connectivity index (χ4v) is 4.67. The summed E-state index contributed by atoms with van der Waals surface area (Å²) in [6.07, 6.45) is 0.862. The molecule has 2 heterocycles. The van der Waals surface area contributed by atoms with Crippen LogP contribution in [0.15, 0.2) is 10.3 Å². The Bertz CT molecular complexity index is 538. The first-order valence-electron chi connectivity index (χ1n) is 5.43. The van der Waals surface area contributed by atoms with Crippen molar-refractivity contribution in [3.05, 3.63) is 16.0 Å². The number of rotatable bonds is 3. The van der Waals surface area contributed by atoms with Gasteiger partial charge in [0.2, 0.25) is 15.9 Å². The first-order valence-corrected chi connectivity index (χ1v) is 8.11. The monoisotopic (exact) mass is 308 g/mol. The van der Waals surface area contributed by atoms with Crippen molar-refractivity contribution < 1.29 is 13.2 Å². The Kier molecular flexibility index (Phi) is 3.96. The Labute approximate surface area is 115 Å². The molecule has 2 N–H and O–H groups in total. The number of hydrogen-bond donors (Lipinski definition) is 2. The second-order valence-corrected chi connectivity index (χ2v) is 7.78. The van der Waals surface area contributed by atoms with E-state index in [4.69, 9.17) is 11.6 Å². The minimum absolute atomic E-state index is 0.0412. The molecular formula is C10H13ClN2O3S2. The zero-order chi connectivity index (χ0) is 13.3. The van der Waals surface area contributed by atoms with Crippen LogP contribution in [-0.4, -0.2) is 26.9 Å². The maximum absolute atomic E-state index is 12.1. The maximum atomic E-state index is 12.1. The predicted octanol–water partition coefficient (Wildman–Crippen LogP) is 1.27. The van der Waals surface area contributed by atoms with Crippen LogP contribution in [-0.2, 0) is 14.8 Å². The maximum Gasteiger partial charge on any atom is 0.250 e. The van der Waals surface area contributed by atoms with Crippen molar-refractivity contribution >= 4 is 38.9 Å². The number of carbonyl (C=O) groups is 1. The van der Waals surface area contributed by atoms with Gasteiger partial charge >= 0.3 is 0 Å². The van der Waals surface area contributed by atoms with Crippen LogP contribution in [0.25, 0.3) is 0 Å². The highest BCUT2D eigenvalue weighted by molar-refractivity contribution is 7.91. The van der Waals surface area contributed by atoms with Crippen molar-refractivity contribution in [2.45, 2.75) is 30.0 Å². The number of halogens is 1. The van der Waals surface area contributed by atoms with Crippen LogP contribution in [0.2, 0.25) is 4.34 Å². The average molecular weight is 309 g/mol. The van der Waals surface area contributed by atoms with E-state index in [1.165, 1.54) is 0 Å². The molecule has 1 unspecified atom stereocenters. The van der Waals surface area contributed by atoms with Crippen molar-refractivity contribution in [3.8, 4) is 0 Å². The second kappa shape index (κ2) is 5.16. The molecule has 0 saturated carbocycles. The van der Waals surface area contributed by atoms with Crippen molar-refractivity contribution in [2.75, 3.05) is 6.54 Å². The number of thiophene rings is 1. The second-order valence-electron chi connectivity index (χ2n) is 4.18. The molecule has 0 spiro atoms. The van der Waals surface area contributed by atoms with Gasteiger partial charge in [-0.05, 0) is 25.0 Å². The van der Waals surface area contributed by atoms with E-state index in [9.17, 15) is 13.2 Å². The summed E-state index contributed by atoms with van der Waals surface area (Å²) in [5.41, 5.74) is 0.749. The van der Waals surface area contributed by atoms with Gasteiger partial charge < -0.3 is 5.32 Å². The summed E-state index contributed by atoms with van der Waals surface area (Å²) in [4.78, 5) is 11.0. The Morgan fingerprint density at radius 3 is 2.78 bits per heavy atom. The fourth-order valence-electron chi connectivity index (χ4n) is 1.68. The number of amides is 1. The van der Waals surface area contributed by atoms with E-state index < -0.39 is 10.0 Å². The topological polar surface area (TPSA) is 75.3 Å². The smallest absolute Gasteiger partial charge is 0.250 e. The number of sulfonamides is 1. The highest BCUT2D eigenvalue weighted by Crippen LogP contribution is 2.30. The van der Waals surface area contributed by atoms with E-state index in [1.54, 1.807) is 13.0 Å². The number of hydrogen-bond acceptors (Lipinski definition) is 4. The highest BCUT2D eigenvalue weighted by atomic mass is 35.5. The molecule has 5 nitrogen and oxygen atoms in total. The molecule has 1 fully saturated rings. The van der Waals surface area contributed by atoms with Crippen molar-refractivity contribution in [2.24, 2.45) is 0 Å². The largest absolute Gasteiger partial charge is 0.355 e. The van der Waals surface area contributed by atoms with Crippen molar-refractivity contribution in [1.82, 2.24) is 10.0 Å². The van der Waals surface area contributed by atoms with E-state index in [0.717, 1.165) is 16.9 Å². The van der Waals surface area contributed by atoms with Gasteiger partial charge in [0.1, 0.15) is 4.21 Å². The molecule has 2 rings (SSSR count). The van der Waals surface area contributed by atoms with E-state index >= 15 is 0 Å². The van der Waals surface area contributed by atoms with Gasteiger partial charge in [0, 0.05) is 19.0 Å². The zero-order valence-corrected chi connectivity index (χ0v) is 12.1. The summed E-state index contributed by atoms with van der Waals surface area (Å²) in [7, 11) is -3.55. The molecular weight excluding hydrogens is 296 g/mol. The average Bonchev–Trinajstić information content (AvgIpc) is 2.63. The Hall–Kier alpha value is -0.630. The standard InChI is InChI=1S/C10H13ClN2O3S2/c1-6-4-9(17-10(6)11)18(15,16)13-7-2-3-8(14)12-5-7/h4,7,13H,2-3,5H2,1H3,(H,12,14). The lowest BCUT2D eigenvalue weighted by molar-refractivity contribution is -0.122. The van der Waals surface area contributed by atoms with E-state index in [2.05, 4.69) is 10.0 Å². The number of aryl methyl sites for hydroxylation is 1. The lowest BCUT2D eigenvalue weighted by atomic mass is 10.1. The van der Waals surface area contributed by atoms with Crippen LogP contribution >= 0.6 is 22.9 Å². The third-order valence-electron chi connectivity index (χ3n) is 2.69. The lowest BCUT2D eigenvalue weighted by Gasteiger charge is -2.22. The third-order valence-corrected chi connectivity index (χ3v) is 6.24. The van der Waals surface area contributed by atoms with Gasteiger partial charge in [-0.3, -0.25) is 4.79 Å². The molecule has 0 bridgehead atoms. The summed E-state index contributed by atoms with van der Waals surface area (Å²) >= 11 is 6.90. The van der Waals surface area contributed by atoms with Crippen molar-refractivity contribution in [3.63, 3.8) is 0 Å².